The summed E-state index contributed by atoms with van der Waals surface area (Å²) >= 11 is 0. The molecule has 0 aliphatic rings. The Morgan fingerprint density at radius 2 is 1.95 bits per heavy atom. The summed E-state index contributed by atoms with van der Waals surface area (Å²) in [5, 5.41) is 9.10. The second kappa shape index (κ2) is 6.39. The van der Waals surface area contributed by atoms with Crippen molar-refractivity contribution in [2.75, 3.05) is 25.4 Å². The van der Waals surface area contributed by atoms with Crippen LogP contribution in [0, 0.1) is 0 Å². The molecule has 2 N–H and O–H groups in total. The van der Waals surface area contributed by atoms with Gasteiger partial charge in [0.1, 0.15) is 5.75 Å². The van der Waals surface area contributed by atoms with Crippen LogP contribution in [0.5, 0.6) is 5.75 Å². The van der Waals surface area contributed by atoms with Crippen molar-refractivity contribution in [2.24, 2.45) is 0 Å². The first kappa shape index (κ1) is 15.3. The van der Waals surface area contributed by atoms with Crippen molar-refractivity contribution in [2.45, 2.75) is 6.42 Å². The van der Waals surface area contributed by atoms with Gasteiger partial charge in [0.25, 0.3) is 0 Å². The highest BCUT2D eigenvalue weighted by molar-refractivity contribution is 7.90. The van der Waals surface area contributed by atoms with E-state index in [4.69, 9.17) is 5.11 Å². The van der Waals surface area contributed by atoms with E-state index >= 15 is 0 Å². The van der Waals surface area contributed by atoms with Gasteiger partial charge in [-0.1, -0.05) is 0 Å². The molecule has 0 aromatic heterocycles. The Kier molecular flexibility index (Phi) is 5.13. The number of carbonyl (C=O) groups is 1. The third-order valence-electron chi connectivity index (χ3n) is 2.38. The molecule has 106 valence electrons. The van der Waals surface area contributed by atoms with Crippen LogP contribution >= 0.6 is 0 Å². The van der Waals surface area contributed by atoms with Gasteiger partial charge in [-0.25, -0.2) is 0 Å². The van der Waals surface area contributed by atoms with Gasteiger partial charge in [0.15, 0.2) is 0 Å². The van der Waals surface area contributed by atoms with E-state index in [1.807, 2.05) is 0 Å². The third-order valence-corrected chi connectivity index (χ3v) is 3.88. The van der Waals surface area contributed by atoms with Crippen LogP contribution in [0.15, 0.2) is 24.3 Å². The number of ether oxygens (including phenoxy) is 1. The Morgan fingerprint density at radius 3 is 2.47 bits per heavy atom. The number of phenols is 1. The summed E-state index contributed by atoms with van der Waals surface area (Å²) in [7, 11) is -1.14. The Morgan fingerprint density at radius 1 is 1.37 bits per heavy atom. The number of hydrogen-bond donors (Lipinski definition) is 2. The largest absolute Gasteiger partial charge is 0.508 e. The zero-order valence-corrected chi connectivity index (χ0v) is 11.5. The lowest BCUT2D eigenvalue weighted by atomic mass is 10.3. The van der Waals surface area contributed by atoms with E-state index in [0.29, 0.717) is 5.69 Å². The summed E-state index contributed by atoms with van der Waals surface area (Å²) in [6.45, 7) is 0.0140. The minimum Gasteiger partial charge on any atom is -0.508 e. The summed E-state index contributed by atoms with van der Waals surface area (Å²) in [5.41, 5.74) is 0.322. The molecule has 1 aromatic rings. The van der Waals surface area contributed by atoms with Gasteiger partial charge < -0.3 is 9.84 Å². The van der Waals surface area contributed by atoms with Gasteiger partial charge in [-0.3, -0.25) is 9.52 Å². The Balaban J connectivity index is 2.64. The molecule has 0 aliphatic carbocycles. The molecule has 0 unspecified atom stereocenters. The van der Waals surface area contributed by atoms with Crippen LogP contribution in [0.2, 0.25) is 0 Å². The molecule has 8 heteroatoms. The molecule has 7 nitrogen and oxygen atoms in total. The summed E-state index contributed by atoms with van der Waals surface area (Å²) in [4.78, 5) is 10.9. The summed E-state index contributed by atoms with van der Waals surface area (Å²) in [6.07, 6.45) is -0.0243. The predicted molar refractivity (Wildman–Crippen MR) is 69.9 cm³/mol. The molecule has 0 saturated carbocycles. The smallest absolute Gasteiger partial charge is 0.306 e. The van der Waals surface area contributed by atoms with E-state index in [-0.39, 0.29) is 18.7 Å². The number of nitrogens with zero attached hydrogens (tertiary/aromatic N) is 1. The van der Waals surface area contributed by atoms with Crippen LogP contribution in [0.4, 0.5) is 5.69 Å². The van der Waals surface area contributed by atoms with Crippen molar-refractivity contribution in [1.82, 2.24) is 4.31 Å². The fourth-order valence-corrected chi connectivity index (χ4v) is 2.15. The standard InChI is InChI=1S/C11H16N2O5S/c1-13(8-7-11(15)18-2)19(16,17)12-9-3-5-10(14)6-4-9/h3-6,12,14H,7-8H2,1-2H3. The summed E-state index contributed by atoms with van der Waals surface area (Å²) < 4.78 is 31.5. The normalized spacial score (nSPS) is 11.3. The zero-order chi connectivity index (χ0) is 14.5. The van der Waals surface area contributed by atoms with E-state index in [1.54, 1.807) is 0 Å². The molecule has 0 bridgehead atoms. The number of carbonyl (C=O) groups excluding carboxylic acids is 1. The molecule has 0 aliphatic heterocycles. The van der Waals surface area contributed by atoms with Gasteiger partial charge in [-0.15, -0.1) is 0 Å². The van der Waals surface area contributed by atoms with Crippen molar-refractivity contribution in [3.63, 3.8) is 0 Å². The molecule has 1 aromatic carbocycles. The summed E-state index contributed by atoms with van der Waals surface area (Å²) in [6, 6.07) is 5.60. The number of nitrogens with one attached hydrogen (secondary N) is 1. The molecule has 0 radical (unpaired) electrons. The van der Waals surface area contributed by atoms with Gasteiger partial charge in [0, 0.05) is 13.6 Å². The van der Waals surface area contributed by atoms with Crippen LogP contribution in [-0.2, 0) is 19.7 Å². The van der Waals surface area contributed by atoms with Gasteiger partial charge >= 0.3 is 16.2 Å². The molecule has 0 amide bonds. The van der Waals surface area contributed by atoms with Gasteiger partial charge in [-0.2, -0.15) is 12.7 Å². The molecule has 0 fully saturated rings. The summed E-state index contributed by atoms with van der Waals surface area (Å²) in [5.74, 6) is -0.436. The molecule has 19 heavy (non-hydrogen) atoms. The Labute approximate surface area is 112 Å². The molecular formula is C11H16N2O5S. The van der Waals surface area contributed by atoms with E-state index < -0.39 is 16.2 Å². The van der Waals surface area contributed by atoms with Crippen molar-refractivity contribution in [1.29, 1.82) is 0 Å². The van der Waals surface area contributed by atoms with Gasteiger partial charge in [0.2, 0.25) is 0 Å². The maximum atomic E-state index is 11.9. The predicted octanol–water partition coefficient (Wildman–Crippen LogP) is 0.544. The van der Waals surface area contributed by atoms with Gasteiger partial charge in [0.05, 0.1) is 19.2 Å². The van der Waals surface area contributed by atoms with Crippen LogP contribution in [0.25, 0.3) is 0 Å². The lowest BCUT2D eigenvalue weighted by Crippen LogP contribution is -2.34. The fraction of sp³-hybridized carbons (Fsp3) is 0.364. The highest BCUT2D eigenvalue weighted by Gasteiger charge is 2.18. The van der Waals surface area contributed by atoms with E-state index in [2.05, 4.69) is 9.46 Å². The third kappa shape index (κ3) is 4.76. The van der Waals surface area contributed by atoms with Crippen LogP contribution < -0.4 is 4.72 Å². The fourth-order valence-electron chi connectivity index (χ4n) is 1.23. The van der Waals surface area contributed by atoms with Crippen LogP contribution in [-0.4, -0.2) is 44.5 Å². The number of aromatic hydroxyl groups is 1. The highest BCUT2D eigenvalue weighted by Crippen LogP contribution is 2.15. The molecular weight excluding hydrogens is 272 g/mol. The number of methoxy groups -OCH3 is 1. The van der Waals surface area contributed by atoms with Crippen molar-refractivity contribution >= 4 is 21.9 Å². The van der Waals surface area contributed by atoms with Crippen LogP contribution in [0.1, 0.15) is 6.42 Å². The maximum absolute atomic E-state index is 11.9. The monoisotopic (exact) mass is 288 g/mol. The molecule has 0 saturated heterocycles. The minimum absolute atomic E-state index is 0.0140. The first-order valence-electron chi connectivity index (χ1n) is 5.45. The number of benzene rings is 1. The van der Waals surface area contributed by atoms with Crippen LogP contribution in [0.3, 0.4) is 0 Å². The lowest BCUT2D eigenvalue weighted by molar-refractivity contribution is -0.140. The van der Waals surface area contributed by atoms with E-state index in [0.717, 1.165) is 4.31 Å². The molecule has 0 spiro atoms. The van der Waals surface area contributed by atoms with E-state index in [9.17, 15) is 13.2 Å². The first-order valence-corrected chi connectivity index (χ1v) is 6.89. The highest BCUT2D eigenvalue weighted by atomic mass is 32.2. The molecule has 1 rings (SSSR count). The first-order chi connectivity index (χ1) is 8.85. The number of esters is 1. The second-order valence-corrected chi connectivity index (χ2v) is 5.58. The average molecular weight is 288 g/mol. The van der Waals surface area contributed by atoms with Gasteiger partial charge in [-0.05, 0) is 24.3 Å². The quantitative estimate of drug-likeness (QED) is 0.588. The topological polar surface area (TPSA) is 95.9 Å². The Bertz CT molecular complexity index is 527. The molecule has 0 heterocycles. The SMILES string of the molecule is COC(=O)CCN(C)S(=O)(=O)Nc1ccc(O)cc1. The van der Waals surface area contributed by atoms with Crippen molar-refractivity contribution in [3.8, 4) is 5.75 Å². The number of phenolic OH excluding ortho intramolecular Hbond substituents is 1. The number of anilines is 1. The Hall–Kier alpha value is -1.80. The zero-order valence-electron chi connectivity index (χ0n) is 10.7. The van der Waals surface area contributed by atoms with E-state index in [1.165, 1.54) is 38.4 Å². The number of rotatable bonds is 6. The van der Waals surface area contributed by atoms with Crippen molar-refractivity contribution < 1.29 is 23.1 Å². The maximum Gasteiger partial charge on any atom is 0.306 e. The second-order valence-electron chi connectivity index (χ2n) is 3.80. The lowest BCUT2D eigenvalue weighted by Gasteiger charge is -2.17. The molecule has 0 atom stereocenters. The average Bonchev–Trinajstić information content (AvgIpc) is 2.37. The van der Waals surface area contributed by atoms with Crippen molar-refractivity contribution in [3.05, 3.63) is 24.3 Å². The minimum atomic E-state index is -3.74. The number of hydrogen-bond acceptors (Lipinski definition) is 5.